The molecule has 0 aliphatic heterocycles. The summed E-state index contributed by atoms with van der Waals surface area (Å²) in [6.07, 6.45) is 9.45. The zero-order valence-electron chi connectivity index (χ0n) is 35.9. The average molecular weight is 816 g/mol. The Hall–Kier alpha value is -4.04. The van der Waals surface area contributed by atoms with Gasteiger partial charge in [0, 0.05) is 28.0 Å². The van der Waals surface area contributed by atoms with Crippen LogP contribution in [0.5, 0.6) is 0 Å². The van der Waals surface area contributed by atoms with Crippen LogP contribution in [0.2, 0.25) is 0 Å². The highest BCUT2D eigenvalue weighted by molar-refractivity contribution is 7.09. The molecule has 7 unspecified atom stereocenters. The summed E-state index contributed by atoms with van der Waals surface area (Å²) in [6, 6.07) is 28.2. The molecule has 0 saturated heterocycles. The van der Waals surface area contributed by atoms with E-state index in [0.29, 0.717) is 74.0 Å². The number of fused-ring (bicyclic) bond motifs is 8. The van der Waals surface area contributed by atoms with Crippen molar-refractivity contribution in [2.24, 2.45) is 23.2 Å². The minimum absolute atomic E-state index is 0.0565. The Morgan fingerprint density at radius 1 is 0.932 bits per heavy atom. The second-order valence-electron chi connectivity index (χ2n) is 18.7. The van der Waals surface area contributed by atoms with Gasteiger partial charge in [-0.25, -0.2) is 4.79 Å². The van der Waals surface area contributed by atoms with E-state index < -0.39 is 17.1 Å². The van der Waals surface area contributed by atoms with Crippen LogP contribution in [0, 0.1) is 23.2 Å². The molecular formula is C52H65NO5S. The minimum atomic E-state index is -1.25. The van der Waals surface area contributed by atoms with Crippen LogP contribution in [0.25, 0.3) is 11.1 Å². The first-order valence-electron chi connectivity index (χ1n) is 22.2. The summed E-state index contributed by atoms with van der Waals surface area (Å²) in [5.41, 5.74) is 4.25. The summed E-state index contributed by atoms with van der Waals surface area (Å²) in [4.78, 5) is 32.7. The Morgan fingerprint density at radius 2 is 1.71 bits per heavy atom. The van der Waals surface area contributed by atoms with Crippen LogP contribution in [0.4, 0.5) is 4.79 Å². The van der Waals surface area contributed by atoms with E-state index in [2.05, 4.69) is 64.3 Å². The fourth-order valence-electron chi connectivity index (χ4n) is 10.6. The van der Waals surface area contributed by atoms with Crippen LogP contribution in [-0.2, 0) is 17.6 Å². The molecule has 3 aromatic carbocycles. The Morgan fingerprint density at radius 3 is 2.47 bits per heavy atom. The Labute approximate surface area is 356 Å². The lowest BCUT2D eigenvalue weighted by Gasteiger charge is -2.46. The molecule has 0 radical (unpaired) electrons. The van der Waals surface area contributed by atoms with Gasteiger partial charge in [0.2, 0.25) is 0 Å². The zero-order chi connectivity index (χ0) is 41.7. The average Bonchev–Trinajstić information content (AvgIpc) is 3.84. The predicted molar refractivity (Wildman–Crippen MR) is 240 cm³/mol. The molecule has 2 N–H and O–H groups in total. The van der Waals surface area contributed by atoms with Crippen LogP contribution >= 0.6 is 11.3 Å². The van der Waals surface area contributed by atoms with E-state index in [1.807, 2.05) is 71.6 Å². The van der Waals surface area contributed by atoms with Gasteiger partial charge in [0.25, 0.3) is 0 Å². The lowest BCUT2D eigenvalue weighted by Crippen LogP contribution is -2.54. The predicted octanol–water partition coefficient (Wildman–Crippen LogP) is 11.8. The molecule has 314 valence electrons. The number of thiophene rings is 1. The summed E-state index contributed by atoms with van der Waals surface area (Å²) in [7, 11) is 0. The van der Waals surface area contributed by atoms with Gasteiger partial charge in [-0.3, -0.25) is 4.79 Å². The molecule has 1 heterocycles. The number of benzene rings is 3. The molecule has 1 amide bonds. The molecule has 4 aromatic rings. The van der Waals surface area contributed by atoms with Gasteiger partial charge in [0.1, 0.15) is 6.10 Å². The van der Waals surface area contributed by atoms with Crippen molar-refractivity contribution in [3.63, 3.8) is 0 Å². The number of rotatable bonds is 10. The molecule has 4 aliphatic carbocycles. The number of carbonyl (C=O) groups is 2. The van der Waals surface area contributed by atoms with E-state index in [1.54, 1.807) is 11.3 Å². The van der Waals surface area contributed by atoms with Gasteiger partial charge >= 0.3 is 6.09 Å². The Bertz CT molecular complexity index is 2080. The first-order valence-corrected chi connectivity index (χ1v) is 23.1. The van der Waals surface area contributed by atoms with Gasteiger partial charge in [-0.1, -0.05) is 119 Å². The molecule has 2 bridgehead atoms. The first-order chi connectivity index (χ1) is 28.3. The van der Waals surface area contributed by atoms with Crippen LogP contribution in [0.3, 0.4) is 0 Å². The Kier molecular flexibility index (Phi) is 13.6. The minimum Gasteiger partial charge on any atom is -0.446 e. The highest BCUT2D eigenvalue weighted by Crippen LogP contribution is 2.59. The van der Waals surface area contributed by atoms with Gasteiger partial charge in [0.05, 0.1) is 18.2 Å². The monoisotopic (exact) mass is 815 g/mol. The summed E-state index contributed by atoms with van der Waals surface area (Å²) in [6.45, 7) is 11.7. The number of hydrogen-bond donors (Lipinski definition) is 2. The normalized spacial score (nSPS) is 27.5. The molecule has 59 heavy (non-hydrogen) atoms. The van der Waals surface area contributed by atoms with E-state index in [9.17, 15) is 15.0 Å². The van der Waals surface area contributed by atoms with Crippen molar-refractivity contribution in [1.82, 2.24) is 4.90 Å². The van der Waals surface area contributed by atoms with Crippen molar-refractivity contribution in [2.45, 2.75) is 129 Å². The number of nitrogens with zero attached hydrogens (tertiary/aromatic N) is 1. The maximum atomic E-state index is 15.1. The van der Waals surface area contributed by atoms with Gasteiger partial charge in [0.15, 0.2) is 5.78 Å². The summed E-state index contributed by atoms with van der Waals surface area (Å²) < 4.78 is 6.52. The molecule has 1 aromatic heterocycles. The molecule has 2 saturated carbocycles. The quantitative estimate of drug-likeness (QED) is 0.123. The van der Waals surface area contributed by atoms with E-state index in [1.165, 1.54) is 10.5 Å². The third-order valence-corrected chi connectivity index (χ3v) is 15.2. The van der Waals surface area contributed by atoms with E-state index >= 15 is 4.79 Å². The highest BCUT2D eigenvalue weighted by atomic mass is 32.1. The third-order valence-electron chi connectivity index (χ3n) is 14.3. The van der Waals surface area contributed by atoms with Crippen molar-refractivity contribution >= 4 is 23.2 Å². The topological polar surface area (TPSA) is 87.1 Å². The van der Waals surface area contributed by atoms with Gasteiger partial charge in [-0.05, 0) is 135 Å². The van der Waals surface area contributed by atoms with Crippen LogP contribution in [-0.4, -0.2) is 57.9 Å². The van der Waals surface area contributed by atoms with E-state index in [0.717, 1.165) is 54.4 Å². The fourth-order valence-corrected chi connectivity index (χ4v) is 11.3. The van der Waals surface area contributed by atoms with Crippen molar-refractivity contribution in [3.8, 4) is 11.1 Å². The molecule has 7 heteroatoms. The second-order valence-corrected chi connectivity index (χ2v) is 19.7. The number of ketones is 1. The number of aliphatic hydroxyl groups is 2. The van der Waals surface area contributed by atoms with Crippen LogP contribution in [0.15, 0.2) is 102 Å². The fraction of sp³-hybridized carbons (Fsp3) is 0.500. The number of carbonyl (C=O) groups excluding carboxylic acids is 2. The molecule has 6 nitrogen and oxygen atoms in total. The van der Waals surface area contributed by atoms with Gasteiger partial charge in [-0.15, -0.1) is 11.3 Å². The smallest absolute Gasteiger partial charge is 0.410 e. The van der Waals surface area contributed by atoms with Crippen molar-refractivity contribution in [3.05, 3.63) is 129 Å². The zero-order valence-corrected chi connectivity index (χ0v) is 36.7. The summed E-state index contributed by atoms with van der Waals surface area (Å²) in [5.74, 6) is 0.997. The number of amides is 1. The summed E-state index contributed by atoms with van der Waals surface area (Å²) >= 11 is 1.69. The Balaban J connectivity index is 1.28. The maximum absolute atomic E-state index is 15.1. The van der Waals surface area contributed by atoms with Crippen molar-refractivity contribution in [2.75, 3.05) is 13.1 Å². The van der Waals surface area contributed by atoms with E-state index in [4.69, 9.17) is 4.74 Å². The lowest BCUT2D eigenvalue weighted by atomic mass is 9.64. The molecule has 7 atom stereocenters. The van der Waals surface area contributed by atoms with Gasteiger partial charge in [-0.2, -0.15) is 0 Å². The largest absolute Gasteiger partial charge is 0.446 e. The van der Waals surface area contributed by atoms with E-state index in [-0.39, 0.29) is 30.4 Å². The van der Waals surface area contributed by atoms with Crippen LogP contribution < -0.4 is 0 Å². The second kappa shape index (κ2) is 18.7. The van der Waals surface area contributed by atoms with Crippen LogP contribution in [0.1, 0.15) is 130 Å². The lowest BCUT2D eigenvalue weighted by molar-refractivity contribution is -0.0861. The number of allylic oxidation sites excluding steroid dienone is 2. The SMILES string of the molecule is CC1=CCCC2(C)C(CCC2(O)CN(CCc2cccs2)C(=O)OC2CC(C)CCC2C(C)C)c2ccc(cc2C(=O)c2ccccc2-c2ccccc2)CC(O)CC1. The molecular weight excluding hydrogens is 751 g/mol. The first kappa shape index (κ1) is 43.1. The molecule has 4 aliphatic rings. The van der Waals surface area contributed by atoms with Crippen molar-refractivity contribution in [1.29, 1.82) is 0 Å². The van der Waals surface area contributed by atoms with Crippen molar-refractivity contribution < 1.29 is 24.5 Å². The molecule has 8 rings (SSSR count). The highest BCUT2D eigenvalue weighted by Gasteiger charge is 2.58. The molecule has 0 spiro atoms. The standard InChI is InChI=1S/C52H65NO5S/c1-35(2)42-23-20-37(4)31-48(42)58-50(56)53(29-26-41-16-12-30-59-41)34-52(57)28-25-47-44-24-21-38(32-40(54)22-19-36(3)13-11-27-51(47,52)5)33-46(44)49(55)45-18-10-9-17-43(45)39-14-7-6-8-15-39/h6-10,12-18,21,24,30,33,35,37,40,42,47-48,54,57H,11,19-20,22-23,25-29,31-32,34H2,1-5H3. The van der Waals surface area contributed by atoms with Gasteiger partial charge < -0.3 is 19.8 Å². The third kappa shape index (κ3) is 9.64. The molecule has 2 fully saturated rings. The number of hydrogen-bond acceptors (Lipinski definition) is 6. The number of ether oxygens (including phenoxy) is 1. The maximum Gasteiger partial charge on any atom is 0.410 e. The summed E-state index contributed by atoms with van der Waals surface area (Å²) in [5, 5.41) is 26.6. The number of aliphatic hydroxyl groups excluding tert-OH is 1.